The Labute approximate surface area is 141 Å². The second-order valence-electron chi connectivity index (χ2n) is 6.28. The Hall–Kier alpha value is -1.89. The molecule has 1 aliphatic heterocycles. The molecule has 130 valence electrons. The summed E-state index contributed by atoms with van der Waals surface area (Å²) in [4.78, 5) is 6.77. The van der Waals surface area contributed by atoms with E-state index in [9.17, 15) is 10.2 Å². The molecule has 3 rings (SSSR count). The molecule has 1 aliphatic rings. The summed E-state index contributed by atoms with van der Waals surface area (Å²) in [5.41, 5.74) is 1.79. The van der Waals surface area contributed by atoms with Crippen molar-refractivity contribution in [3.8, 4) is 17.2 Å². The van der Waals surface area contributed by atoms with Crippen LogP contribution in [0.1, 0.15) is 17.9 Å². The Morgan fingerprint density at radius 3 is 2.71 bits per heavy atom. The van der Waals surface area contributed by atoms with E-state index in [1.165, 1.54) is 0 Å². The van der Waals surface area contributed by atoms with Gasteiger partial charge in [-0.2, -0.15) is 0 Å². The fourth-order valence-electron chi connectivity index (χ4n) is 3.05. The van der Waals surface area contributed by atoms with Crippen LogP contribution in [0.5, 0.6) is 5.75 Å². The number of aromatic nitrogens is 1. The van der Waals surface area contributed by atoms with Crippen molar-refractivity contribution in [1.82, 2.24) is 9.88 Å². The molecule has 0 radical (unpaired) electrons. The summed E-state index contributed by atoms with van der Waals surface area (Å²) in [6.45, 7) is 3.98. The van der Waals surface area contributed by atoms with E-state index < -0.39 is 6.10 Å². The highest BCUT2D eigenvalue weighted by molar-refractivity contribution is 5.55. The van der Waals surface area contributed by atoms with E-state index >= 15 is 0 Å². The SMILES string of the molecule is COc1ccc(-c2nc(CN3CC[C@H](CO)[C@H](O)C3)c(C)o2)cc1. The van der Waals surface area contributed by atoms with Gasteiger partial charge in [-0.1, -0.05) is 0 Å². The van der Waals surface area contributed by atoms with Gasteiger partial charge >= 0.3 is 0 Å². The number of benzene rings is 1. The number of ether oxygens (including phenoxy) is 1. The summed E-state index contributed by atoms with van der Waals surface area (Å²) in [5.74, 6) is 2.16. The predicted octanol–water partition coefficient (Wildman–Crippen LogP) is 1.83. The Bertz CT molecular complexity index is 668. The van der Waals surface area contributed by atoms with Gasteiger partial charge in [-0.25, -0.2) is 4.98 Å². The molecule has 1 saturated heterocycles. The van der Waals surface area contributed by atoms with E-state index in [4.69, 9.17) is 9.15 Å². The van der Waals surface area contributed by atoms with Crippen molar-refractivity contribution < 1.29 is 19.4 Å². The minimum Gasteiger partial charge on any atom is -0.497 e. The van der Waals surface area contributed by atoms with Gasteiger partial charge in [0.15, 0.2) is 0 Å². The minimum atomic E-state index is -0.489. The minimum absolute atomic E-state index is 0.0190. The van der Waals surface area contributed by atoms with Crippen LogP contribution in [0.25, 0.3) is 11.5 Å². The molecule has 1 aromatic carbocycles. The van der Waals surface area contributed by atoms with Crippen LogP contribution in [0.15, 0.2) is 28.7 Å². The van der Waals surface area contributed by atoms with Gasteiger partial charge in [-0.05, 0) is 44.2 Å². The van der Waals surface area contributed by atoms with Crippen LogP contribution in [0.3, 0.4) is 0 Å². The molecule has 2 heterocycles. The molecular weight excluding hydrogens is 308 g/mol. The summed E-state index contributed by atoms with van der Waals surface area (Å²) in [7, 11) is 1.64. The Balaban J connectivity index is 1.70. The molecule has 0 aliphatic carbocycles. The standard InChI is InChI=1S/C18H24N2O4/c1-12-16(9-20-8-7-14(11-21)17(22)10-20)19-18(24-12)13-3-5-15(23-2)6-4-13/h3-6,14,17,21-22H,7-11H2,1-2H3/t14-,17-/m1/s1. The Kier molecular flexibility index (Phi) is 5.18. The van der Waals surface area contributed by atoms with Crippen LogP contribution >= 0.6 is 0 Å². The van der Waals surface area contributed by atoms with E-state index in [1.54, 1.807) is 7.11 Å². The number of rotatable bonds is 5. The largest absolute Gasteiger partial charge is 0.497 e. The van der Waals surface area contributed by atoms with Crippen LogP contribution in [-0.4, -0.2) is 53.0 Å². The van der Waals surface area contributed by atoms with Crippen LogP contribution < -0.4 is 4.74 Å². The fraction of sp³-hybridized carbons (Fsp3) is 0.500. The summed E-state index contributed by atoms with van der Waals surface area (Å²) in [6.07, 6.45) is 0.303. The lowest BCUT2D eigenvalue weighted by molar-refractivity contribution is -0.00487. The maximum Gasteiger partial charge on any atom is 0.226 e. The Morgan fingerprint density at radius 1 is 1.33 bits per heavy atom. The number of aryl methyl sites for hydroxylation is 1. The number of aliphatic hydroxyl groups is 2. The van der Waals surface area contributed by atoms with Gasteiger partial charge in [0.25, 0.3) is 0 Å². The van der Waals surface area contributed by atoms with Gasteiger partial charge in [0.2, 0.25) is 5.89 Å². The number of aliphatic hydroxyl groups excluding tert-OH is 2. The van der Waals surface area contributed by atoms with Crippen molar-refractivity contribution in [3.05, 3.63) is 35.7 Å². The zero-order valence-electron chi connectivity index (χ0n) is 14.1. The molecule has 0 bridgehead atoms. The third-order valence-electron chi connectivity index (χ3n) is 4.64. The van der Waals surface area contributed by atoms with Gasteiger partial charge < -0.3 is 19.4 Å². The highest BCUT2D eigenvalue weighted by Crippen LogP contribution is 2.26. The summed E-state index contributed by atoms with van der Waals surface area (Å²) in [5, 5.41) is 19.3. The number of nitrogens with zero attached hydrogens (tertiary/aromatic N) is 2. The first kappa shape index (κ1) is 17.0. The number of methoxy groups -OCH3 is 1. The molecule has 0 saturated carbocycles. The first-order valence-corrected chi connectivity index (χ1v) is 8.22. The van der Waals surface area contributed by atoms with Gasteiger partial charge in [-0.3, -0.25) is 4.90 Å². The van der Waals surface area contributed by atoms with E-state index in [0.717, 1.165) is 35.7 Å². The average molecular weight is 332 g/mol. The molecule has 2 N–H and O–H groups in total. The van der Waals surface area contributed by atoms with E-state index in [2.05, 4.69) is 9.88 Å². The molecule has 24 heavy (non-hydrogen) atoms. The molecule has 1 fully saturated rings. The van der Waals surface area contributed by atoms with Crippen molar-refractivity contribution >= 4 is 0 Å². The van der Waals surface area contributed by atoms with Gasteiger partial charge in [0.05, 0.1) is 18.9 Å². The number of hydrogen-bond donors (Lipinski definition) is 2. The fourth-order valence-corrected chi connectivity index (χ4v) is 3.05. The monoisotopic (exact) mass is 332 g/mol. The summed E-state index contributed by atoms with van der Waals surface area (Å²) >= 11 is 0. The third-order valence-corrected chi connectivity index (χ3v) is 4.64. The lowest BCUT2D eigenvalue weighted by atomic mass is 9.95. The Morgan fingerprint density at radius 2 is 2.08 bits per heavy atom. The average Bonchev–Trinajstić information content (AvgIpc) is 2.96. The van der Waals surface area contributed by atoms with Gasteiger partial charge in [-0.15, -0.1) is 0 Å². The highest BCUT2D eigenvalue weighted by Gasteiger charge is 2.28. The number of piperidine rings is 1. The quantitative estimate of drug-likeness (QED) is 0.870. The molecule has 6 nitrogen and oxygen atoms in total. The zero-order chi connectivity index (χ0) is 17.1. The molecular formula is C18H24N2O4. The molecule has 2 aromatic rings. The zero-order valence-corrected chi connectivity index (χ0v) is 14.1. The second kappa shape index (κ2) is 7.34. The summed E-state index contributed by atoms with van der Waals surface area (Å²) < 4.78 is 11.0. The van der Waals surface area contributed by atoms with Crippen LogP contribution in [-0.2, 0) is 6.54 Å². The van der Waals surface area contributed by atoms with Crippen molar-refractivity contribution in [2.75, 3.05) is 26.8 Å². The molecule has 6 heteroatoms. The van der Waals surface area contributed by atoms with E-state index in [1.807, 2.05) is 31.2 Å². The molecule has 0 spiro atoms. The van der Waals surface area contributed by atoms with Crippen LogP contribution in [0, 0.1) is 12.8 Å². The normalized spacial score (nSPS) is 21.8. The van der Waals surface area contributed by atoms with Crippen molar-refractivity contribution in [1.29, 1.82) is 0 Å². The number of likely N-dealkylation sites (tertiary alicyclic amines) is 1. The topological polar surface area (TPSA) is 79.0 Å². The van der Waals surface area contributed by atoms with E-state index in [-0.39, 0.29) is 12.5 Å². The smallest absolute Gasteiger partial charge is 0.226 e. The lowest BCUT2D eigenvalue weighted by Crippen LogP contribution is -2.44. The van der Waals surface area contributed by atoms with Crippen molar-refractivity contribution in [2.24, 2.45) is 5.92 Å². The van der Waals surface area contributed by atoms with E-state index in [0.29, 0.717) is 19.0 Å². The molecule has 2 atom stereocenters. The second-order valence-corrected chi connectivity index (χ2v) is 6.28. The highest BCUT2D eigenvalue weighted by atomic mass is 16.5. The number of oxazole rings is 1. The van der Waals surface area contributed by atoms with Crippen LogP contribution in [0.2, 0.25) is 0 Å². The maximum atomic E-state index is 10.1. The predicted molar refractivity (Wildman–Crippen MR) is 89.7 cm³/mol. The molecule has 0 unspecified atom stereocenters. The molecule has 1 aromatic heterocycles. The summed E-state index contributed by atoms with van der Waals surface area (Å²) in [6, 6.07) is 7.60. The van der Waals surface area contributed by atoms with Gasteiger partial charge in [0.1, 0.15) is 11.5 Å². The number of hydrogen-bond acceptors (Lipinski definition) is 6. The maximum absolute atomic E-state index is 10.1. The first-order valence-electron chi connectivity index (χ1n) is 8.22. The van der Waals surface area contributed by atoms with Crippen LogP contribution in [0.4, 0.5) is 0 Å². The van der Waals surface area contributed by atoms with Crippen molar-refractivity contribution in [2.45, 2.75) is 26.0 Å². The number of β-amino-alcohol motifs (C(OH)–C–C–N with tert-alkyl or cyclic N) is 1. The third kappa shape index (κ3) is 3.61. The molecule has 0 amide bonds. The van der Waals surface area contributed by atoms with Crippen molar-refractivity contribution in [3.63, 3.8) is 0 Å². The lowest BCUT2D eigenvalue weighted by Gasteiger charge is -2.34. The first-order chi connectivity index (χ1) is 11.6. The van der Waals surface area contributed by atoms with Gasteiger partial charge in [0, 0.05) is 31.2 Å².